The molecule has 0 aliphatic heterocycles. The molecule has 1 heterocycles. The standard InChI is InChI=1S/C18H26N4O2/c1-13(2)9-10-24-17-7-5-16(6-8-17)14(3)21-18(23)15(4)22-12-19-11-20-22/h5-8,11-15H,9-10H2,1-4H3,(H,21,23)/t14-,15+/m1/s1. The molecule has 6 heteroatoms. The second-order valence-electron chi connectivity index (χ2n) is 6.38. The van der Waals surface area contributed by atoms with Gasteiger partial charge in [0, 0.05) is 0 Å². The fraction of sp³-hybridized carbons (Fsp3) is 0.500. The number of nitrogens with one attached hydrogen (secondary N) is 1. The third-order valence-electron chi connectivity index (χ3n) is 3.92. The molecule has 0 aliphatic carbocycles. The van der Waals surface area contributed by atoms with Crippen molar-refractivity contribution in [2.45, 2.75) is 46.2 Å². The number of hydrogen-bond donors (Lipinski definition) is 1. The summed E-state index contributed by atoms with van der Waals surface area (Å²) in [6.07, 6.45) is 4.00. The first-order chi connectivity index (χ1) is 11.5. The zero-order chi connectivity index (χ0) is 17.5. The van der Waals surface area contributed by atoms with Gasteiger partial charge in [-0.2, -0.15) is 5.10 Å². The Labute approximate surface area is 143 Å². The van der Waals surface area contributed by atoms with Crippen molar-refractivity contribution in [3.05, 3.63) is 42.5 Å². The molecule has 0 saturated heterocycles. The number of amides is 1. The number of rotatable bonds is 8. The molecule has 2 atom stereocenters. The molecule has 1 amide bonds. The molecule has 24 heavy (non-hydrogen) atoms. The summed E-state index contributed by atoms with van der Waals surface area (Å²) in [6, 6.07) is 7.37. The lowest BCUT2D eigenvalue weighted by atomic mass is 10.1. The number of benzene rings is 1. The normalized spacial score (nSPS) is 13.5. The van der Waals surface area contributed by atoms with Crippen molar-refractivity contribution in [2.75, 3.05) is 6.61 Å². The number of nitrogens with zero attached hydrogens (tertiary/aromatic N) is 3. The predicted molar refractivity (Wildman–Crippen MR) is 92.7 cm³/mol. The van der Waals surface area contributed by atoms with Crippen molar-refractivity contribution in [1.82, 2.24) is 20.1 Å². The van der Waals surface area contributed by atoms with Gasteiger partial charge in [0.2, 0.25) is 5.91 Å². The van der Waals surface area contributed by atoms with E-state index in [1.165, 1.54) is 17.3 Å². The van der Waals surface area contributed by atoms with Gasteiger partial charge >= 0.3 is 0 Å². The molecule has 6 nitrogen and oxygen atoms in total. The van der Waals surface area contributed by atoms with Gasteiger partial charge in [-0.1, -0.05) is 26.0 Å². The van der Waals surface area contributed by atoms with Crippen LogP contribution in [0, 0.1) is 5.92 Å². The van der Waals surface area contributed by atoms with E-state index < -0.39 is 6.04 Å². The molecule has 1 aromatic heterocycles. The van der Waals surface area contributed by atoms with Crippen molar-refractivity contribution in [2.24, 2.45) is 5.92 Å². The van der Waals surface area contributed by atoms with Gasteiger partial charge in [0.05, 0.1) is 12.6 Å². The highest BCUT2D eigenvalue weighted by molar-refractivity contribution is 5.80. The van der Waals surface area contributed by atoms with Crippen LogP contribution in [0.3, 0.4) is 0 Å². The van der Waals surface area contributed by atoms with Gasteiger partial charge in [0.1, 0.15) is 24.4 Å². The summed E-state index contributed by atoms with van der Waals surface area (Å²) in [5.41, 5.74) is 1.03. The van der Waals surface area contributed by atoms with E-state index >= 15 is 0 Å². The molecule has 0 spiro atoms. The average Bonchev–Trinajstić information content (AvgIpc) is 3.08. The molecule has 130 valence electrons. The molecule has 0 saturated carbocycles. The number of hydrogen-bond acceptors (Lipinski definition) is 4. The van der Waals surface area contributed by atoms with Crippen LogP contribution in [-0.4, -0.2) is 27.3 Å². The first kappa shape index (κ1) is 18.0. The fourth-order valence-corrected chi connectivity index (χ4v) is 2.22. The maximum Gasteiger partial charge on any atom is 0.245 e. The molecule has 2 rings (SSSR count). The van der Waals surface area contributed by atoms with Crippen molar-refractivity contribution in [3.8, 4) is 5.75 Å². The maximum absolute atomic E-state index is 12.3. The van der Waals surface area contributed by atoms with Crippen LogP contribution in [0.5, 0.6) is 5.75 Å². The molecule has 0 fully saturated rings. The van der Waals surface area contributed by atoms with Gasteiger partial charge in [-0.05, 0) is 43.9 Å². The number of carbonyl (C=O) groups excluding carboxylic acids is 1. The maximum atomic E-state index is 12.3. The lowest BCUT2D eigenvalue weighted by Gasteiger charge is -2.18. The molecular weight excluding hydrogens is 304 g/mol. The van der Waals surface area contributed by atoms with Crippen LogP contribution in [0.4, 0.5) is 0 Å². The first-order valence-electron chi connectivity index (χ1n) is 8.34. The highest BCUT2D eigenvalue weighted by Gasteiger charge is 2.18. The van der Waals surface area contributed by atoms with Crippen LogP contribution in [0.15, 0.2) is 36.9 Å². The van der Waals surface area contributed by atoms with Crippen molar-refractivity contribution in [3.63, 3.8) is 0 Å². The van der Waals surface area contributed by atoms with Gasteiger partial charge < -0.3 is 10.1 Å². The van der Waals surface area contributed by atoms with Crippen molar-refractivity contribution in [1.29, 1.82) is 0 Å². The van der Waals surface area contributed by atoms with Crippen LogP contribution in [-0.2, 0) is 4.79 Å². The van der Waals surface area contributed by atoms with Gasteiger partial charge in [-0.15, -0.1) is 0 Å². The molecule has 0 aliphatic rings. The smallest absolute Gasteiger partial charge is 0.245 e. The molecule has 2 aromatic rings. The van der Waals surface area contributed by atoms with Crippen LogP contribution >= 0.6 is 0 Å². The first-order valence-corrected chi connectivity index (χ1v) is 8.34. The summed E-state index contributed by atoms with van der Waals surface area (Å²) in [7, 11) is 0. The number of aromatic nitrogens is 3. The second-order valence-corrected chi connectivity index (χ2v) is 6.38. The number of carbonyl (C=O) groups is 1. The van der Waals surface area contributed by atoms with Gasteiger partial charge in [-0.3, -0.25) is 4.79 Å². The quantitative estimate of drug-likeness (QED) is 0.807. The highest BCUT2D eigenvalue weighted by atomic mass is 16.5. The molecular formula is C18H26N4O2. The summed E-state index contributed by atoms with van der Waals surface area (Å²) in [4.78, 5) is 16.1. The third-order valence-corrected chi connectivity index (χ3v) is 3.92. The molecule has 0 bridgehead atoms. The average molecular weight is 330 g/mol. The zero-order valence-electron chi connectivity index (χ0n) is 14.8. The SMILES string of the molecule is CC(C)CCOc1ccc([C@@H](C)NC(=O)[C@H](C)n2cncn2)cc1. The Bertz CT molecular complexity index is 623. The largest absolute Gasteiger partial charge is 0.494 e. The Morgan fingerprint density at radius 1 is 1.21 bits per heavy atom. The molecule has 0 unspecified atom stereocenters. The molecule has 1 aromatic carbocycles. The lowest BCUT2D eigenvalue weighted by molar-refractivity contribution is -0.124. The van der Waals surface area contributed by atoms with Crippen LogP contribution in [0.25, 0.3) is 0 Å². The lowest BCUT2D eigenvalue weighted by Crippen LogP contribution is -2.33. The minimum Gasteiger partial charge on any atom is -0.494 e. The monoisotopic (exact) mass is 330 g/mol. The summed E-state index contributed by atoms with van der Waals surface area (Å²) in [5, 5.41) is 6.99. The van der Waals surface area contributed by atoms with E-state index in [0.29, 0.717) is 5.92 Å². The Morgan fingerprint density at radius 3 is 2.50 bits per heavy atom. The topological polar surface area (TPSA) is 69.0 Å². The minimum absolute atomic E-state index is 0.0896. The van der Waals surface area contributed by atoms with E-state index in [1.54, 1.807) is 6.92 Å². The van der Waals surface area contributed by atoms with E-state index in [1.807, 2.05) is 31.2 Å². The summed E-state index contributed by atoms with van der Waals surface area (Å²) >= 11 is 0. The van der Waals surface area contributed by atoms with E-state index in [9.17, 15) is 4.79 Å². The van der Waals surface area contributed by atoms with Crippen molar-refractivity contribution >= 4 is 5.91 Å². The van der Waals surface area contributed by atoms with Crippen LogP contribution in [0.1, 0.15) is 51.8 Å². The Morgan fingerprint density at radius 2 is 1.92 bits per heavy atom. The molecule has 0 radical (unpaired) electrons. The van der Waals surface area contributed by atoms with E-state index in [0.717, 1.165) is 24.3 Å². The number of ether oxygens (including phenoxy) is 1. The molecule has 1 N–H and O–H groups in total. The van der Waals surface area contributed by atoms with E-state index in [2.05, 4.69) is 29.2 Å². The van der Waals surface area contributed by atoms with Crippen LogP contribution in [0.2, 0.25) is 0 Å². The van der Waals surface area contributed by atoms with Gasteiger partial charge in [0.15, 0.2) is 0 Å². The van der Waals surface area contributed by atoms with E-state index in [4.69, 9.17) is 4.74 Å². The summed E-state index contributed by atoms with van der Waals surface area (Å²) in [6.45, 7) is 8.83. The Balaban J connectivity index is 1.87. The van der Waals surface area contributed by atoms with Gasteiger partial charge in [-0.25, -0.2) is 9.67 Å². The van der Waals surface area contributed by atoms with Crippen molar-refractivity contribution < 1.29 is 9.53 Å². The van der Waals surface area contributed by atoms with E-state index in [-0.39, 0.29) is 11.9 Å². The highest BCUT2D eigenvalue weighted by Crippen LogP contribution is 2.19. The zero-order valence-corrected chi connectivity index (χ0v) is 14.8. The second kappa shape index (κ2) is 8.47. The third kappa shape index (κ3) is 5.08. The van der Waals surface area contributed by atoms with Gasteiger partial charge in [0.25, 0.3) is 0 Å². The fourth-order valence-electron chi connectivity index (χ4n) is 2.22. The Kier molecular flexibility index (Phi) is 6.35. The Hall–Kier alpha value is -2.37. The summed E-state index contributed by atoms with van der Waals surface area (Å²) < 4.78 is 7.25. The summed E-state index contributed by atoms with van der Waals surface area (Å²) in [5.74, 6) is 1.39. The predicted octanol–water partition coefficient (Wildman–Crippen LogP) is 3.14. The van der Waals surface area contributed by atoms with Crippen LogP contribution < -0.4 is 10.1 Å². The minimum atomic E-state index is -0.395.